The Hall–Kier alpha value is -2.13. The van der Waals surface area contributed by atoms with Crippen LogP contribution in [0.5, 0.6) is 0 Å². The number of imide groups is 1. The molecule has 1 aliphatic heterocycles. The van der Waals surface area contributed by atoms with Crippen LogP contribution in [0.15, 0.2) is 23.1 Å². The molecule has 9 heteroatoms. The summed E-state index contributed by atoms with van der Waals surface area (Å²) < 4.78 is 22.6. The first-order chi connectivity index (χ1) is 8.77. The minimum Gasteiger partial charge on any atom is -0.397 e. The largest absolute Gasteiger partial charge is 0.397 e. The molecule has 0 bridgehead atoms. The van der Waals surface area contributed by atoms with E-state index in [4.69, 9.17) is 10.9 Å². The predicted molar refractivity (Wildman–Crippen MR) is 67.6 cm³/mol. The Morgan fingerprint density at radius 3 is 2.26 bits per heavy atom. The van der Waals surface area contributed by atoms with E-state index in [-0.39, 0.29) is 29.4 Å². The van der Waals surface area contributed by atoms with E-state index in [0.29, 0.717) is 0 Å². The second-order valence-electron chi connectivity index (χ2n) is 4.09. The maximum Gasteiger partial charge on any atom is 0.246 e. The number of anilines is 2. The first kappa shape index (κ1) is 13.3. The lowest BCUT2D eigenvalue weighted by Gasteiger charge is -2.28. The van der Waals surface area contributed by atoms with Gasteiger partial charge >= 0.3 is 0 Å². The number of nitrogen functional groups attached to an aromatic ring is 1. The molecule has 8 nitrogen and oxygen atoms in total. The number of rotatable bonds is 2. The summed E-state index contributed by atoms with van der Waals surface area (Å²) in [5.41, 5.74) is 6.28. The van der Waals surface area contributed by atoms with Crippen LogP contribution in [-0.4, -0.2) is 33.3 Å². The first-order valence-corrected chi connectivity index (χ1v) is 6.82. The van der Waals surface area contributed by atoms with Crippen LogP contribution in [0.1, 0.15) is 0 Å². The molecule has 1 heterocycles. The van der Waals surface area contributed by atoms with Gasteiger partial charge in [-0.25, -0.2) is 13.6 Å². The Kier molecular flexibility index (Phi) is 3.16. The second kappa shape index (κ2) is 4.52. The van der Waals surface area contributed by atoms with Gasteiger partial charge in [-0.15, -0.1) is 0 Å². The molecule has 1 aromatic rings. The van der Waals surface area contributed by atoms with Gasteiger partial charge in [0, 0.05) is 0 Å². The Labute approximate surface area is 109 Å². The zero-order chi connectivity index (χ0) is 14.2. The van der Waals surface area contributed by atoms with E-state index in [9.17, 15) is 18.0 Å². The number of amides is 2. The van der Waals surface area contributed by atoms with Gasteiger partial charge < -0.3 is 10.6 Å². The maximum atomic E-state index is 11.3. The van der Waals surface area contributed by atoms with Gasteiger partial charge in [-0.1, -0.05) is 0 Å². The van der Waals surface area contributed by atoms with Crippen molar-refractivity contribution in [1.82, 2.24) is 5.32 Å². The number of primary sulfonamides is 1. The van der Waals surface area contributed by atoms with Gasteiger partial charge in [0.1, 0.15) is 0 Å². The number of hydrogen-bond acceptors (Lipinski definition) is 6. The molecule has 5 N–H and O–H groups in total. The van der Waals surface area contributed by atoms with Gasteiger partial charge in [-0.05, 0) is 18.2 Å². The molecule has 0 saturated carbocycles. The maximum absolute atomic E-state index is 11.3. The summed E-state index contributed by atoms with van der Waals surface area (Å²) in [6, 6.07) is 3.88. The highest BCUT2D eigenvalue weighted by Crippen LogP contribution is 2.26. The molecule has 102 valence electrons. The van der Waals surface area contributed by atoms with E-state index in [2.05, 4.69) is 5.32 Å². The summed E-state index contributed by atoms with van der Waals surface area (Å²) >= 11 is 0. The molecule has 0 spiro atoms. The Morgan fingerprint density at radius 1 is 1.16 bits per heavy atom. The van der Waals surface area contributed by atoms with Gasteiger partial charge in [0.25, 0.3) is 0 Å². The third kappa shape index (κ3) is 2.83. The highest BCUT2D eigenvalue weighted by Gasteiger charge is 2.24. The van der Waals surface area contributed by atoms with Crippen molar-refractivity contribution in [3.8, 4) is 0 Å². The molecule has 19 heavy (non-hydrogen) atoms. The summed E-state index contributed by atoms with van der Waals surface area (Å²) in [6.45, 7) is -0.159. The number of nitrogens with one attached hydrogen (secondary N) is 1. The van der Waals surface area contributed by atoms with Crippen molar-refractivity contribution in [3.05, 3.63) is 18.2 Å². The third-order valence-electron chi connectivity index (χ3n) is 2.62. The normalized spacial score (nSPS) is 16.4. The molecule has 0 aliphatic carbocycles. The zero-order valence-electron chi connectivity index (χ0n) is 9.79. The van der Waals surface area contributed by atoms with Crippen LogP contribution >= 0.6 is 0 Å². The van der Waals surface area contributed by atoms with E-state index in [1.807, 2.05) is 0 Å². The van der Waals surface area contributed by atoms with E-state index in [1.54, 1.807) is 0 Å². The summed E-state index contributed by atoms with van der Waals surface area (Å²) in [4.78, 5) is 23.9. The van der Waals surface area contributed by atoms with Gasteiger partial charge in [0.15, 0.2) is 0 Å². The summed E-state index contributed by atoms with van der Waals surface area (Å²) in [6.07, 6.45) is 0. The minimum absolute atomic E-state index is 0.0794. The van der Waals surface area contributed by atoms with Crippen molar-refractivity contribution >= 4 is 33.2 Å². The van der Waals surface area contributed by atoms with Crippen LogP contribution in [0.3, 0.4) is 0 Å². The van der Waals surface area contributed by atoms with Crippen molar-refractivity contribution in [2.75, 3.05) is 23.7 Å². The van der Waals surface area contributed by atoms with Crippen molar-refractivity contribution in [3.63, 3.8) is 0 Å². The molecular weight excluding hydrogens is 272 g/mol. The van der Waals surface area contributed by atoms with Gasteiger partial charge in [-0.2, -0.15) is 0 Å². The van der Waals surface area contributed by atoms with Gasteiger partial charge in [0.05, 0.1) is 29.4 Å². The zero-order valence-corrected chi connectivity index (χ0v) is 10.6. The van der Waals surface area contributed by atoms with Gasteiger partial charge in [-0.3, -0.25) is 14.9 Å². The fourth-order valence-corrected chi connectivity index (χ4v) is 2.32. The second-order valence-corrected chi connectivity index (χ2v) is 5.65. The molecule has 1 aromatic carbocycles. The van der Waals surface area contributed by atoms with Crippen LogP contribution in [0, 0.1) is 0 Å². The lowest BCUT2D eigenvalue weighted by molar-refractivity contribution is -0.130. The topological polar surface area (TPSA) is 136 Å². The van der Waals surface area contributed by atoms with Crippen LogP contribution in [0.25, 0.3) is 0 Å². The molecule has 1 fully saturated rings. The van der Waals surface area contributed by atoms with Crippen molar-refractivity contribution in [2.24, 2.45) is 5.14 Å². The van der Waals surface area contributed by atoms with Crippen LogP contribution in [-0.2, 0) is 19.6 Å². The molecular formula is C10H12N4O4S. The van der Waals surface area contributed by atoms with Crippen molar-refractivity contribution in [1.29, 1.82) is 0 Å². The summed E-state index contributed by atoms with van der Waals surface area (Å²) in [7, 11) is -3.88. The standard InChI is InChI=1S/C10H12N4O4S/c11-7-2-1-6(19(12,17)18)3-8(7)14-4-9(15)13-10(16)5-14/h1-3H,4-5,11H2,(H2,12,17,18)(H,13,15,16). The molecule has 0 atom stereocenters. The van der Waals surface area contributed by atoms with E-state index >= 15 is 0 Å². The minimum atomic E-state index is -3.88. The van der Waals surface area contributed by atoms with Crippen LogP contribution < -0.4 is 21.1 Å². The molecule has 2 rings (SSSR count). The third-order valence-corrected chi connectivity index (χ3v) is 3.53. The Balaban J connectivity index is 2.44. The number of carbonyl (C=O) groups excluding carboxylic acids is 2. The highest BCUT2D eigenvalue weighted by atomic mass is 32.2. The van der Waals surface area contributed by atoms with Crippen molar-refractivity contribution < 1.29 is 18.0 Å². The molecule has 2 amide bonds. The smallest absolute Gasteiger partial charge is 0.246 e. The predicted octanol–water partition coefficient (Wildman–Crippen LogP) is -1.62. The number of nitrogens with zero attached hydrogens (tertiary/aromatic N) is 1. The van der Waals surface area contributed by atoms with Gasteiger partial charge in [0.2, 0.25) is 21.8 Å². The van der Waals surface area contributed by atoms with E-state index < -0.39 is 21.8 Å². The lowest BCUT2D eigenvalue weighted by Crippen LogP contribution is -2.51. The van der Waals surface area contributed by atoms with Crippen molar-refractivity contribution in [2.45, 2.75) is 4.90 Å². The van der Waals surface area contributed by atoms with Crippen LogP contribution in [0.4, 0.5) is 11.4 Å². The molecule has 0 radical (unpaired) electrons. The quantitative estimate of drug-likeness (QED) is 0.441. The number of carbonyl (C=O) groups is 2. The molecule has 1 aliphatic rings. The van der Waals surface area contributed by atoms with E-state index in [0.717, 1.165) is 0 Å². The highest BCUT2D eigenvalue weighted by molar-refractivity contribution is 7.89. The first-order valence-electron chi connectivity index (χ1n) is 5.27. The number of hydrogen-bond donors (Lipinski definition) is 3. The lowest BCUT2D eigenvalue weighted by atomic mass is 10.2. The fraction of sp³-hybridized carbons (Fsp3) is 0.200. The number of sulfonamides is 1. The van der Waals surface area contributed by atoms with E-state index in [1.165, 1.54) is 23.1 Å². The fourth-order valence-electron chi connectivity index (χ4n) is 1.78. The summed E-state index contributed by atoms with van der Waals surface area (Å²) in [5.74, 6) is -0.951. The number of nitrogens with two attached hydrogens (primary N) is 2. The molecule has 1 saturated heterocycles. The monoisotopic (exact) mass is 284 g/mol. The summed E-state index contributed by atoms with van der Waals surface area (Å²) in [5, 5.41) is 7.17. The number of piperazine rings is 1. The van der Waals surface area contributed by atoms with Crippen LogP contribution in [0.2, 0.25) is 0 Å². The average Bonchev–Trinajstić information content (AvgIpc) is 2.26. The number of benzene rings is 1. The molecule has 0 unspecified atom stereocenters. The molecule has 0 aromatic heterocycles. The average molecular weight is 284 g/mol. The Bertz CT molecular complexity index is 639. The SMILES string of the molecule is Nc1ccc(S(N)(=O)=O)cc1N1CC(=O)NC(=O)C1. The Morgan fingerprint density at radius 2 is 1.74 bits per heavy atom.